The van der Waals surface area contributed by atoms with Gasteiger partial charge in [0.15, 0.2) is 0 Å². The number of quaternary nitrogens is 2. The number of benzene rings is 1. The van der Waals surface area contributed by atoms with Crippen LogP contribution in [0.5, 0.6) is 5.75 Å². The second-order valence-electron chi connectivity index (χ2n) is 6.28. The van der Waals surface area contributed by atoms with E-state index in [1.54, 1.807) is 4.90 Å². The number of morpholine rings is 1. The number of carboxylic acid groups (broad SMARTS) is 2. The van der Waals surface area contributed by atoms with Crippen molar-refractivity contribution in [2.24, 2.45) is 0 Å². The molecular formula is C18H24F6N2O6. The van der Waals surface area contributed by atoms with Gasteiger partial charge in [-0.3, -0.25) is 0 Å². The van der Waals surface area contributed by atoms with Crippen LogP contribution in [0.25, 0.3) is 0 Å². The van der Waals surface area contributed by atoms with Crippen molar-refractivity contribution in [3.63, 3.8) is 0 Å². The lowest BCUT2D eigenvalue weighted by atomic mass is 10.1. The highest BCUT2D eigenvalue weighted by Gasteiger charge is 2.29. The monoisotopic (exact) mass is 478 g/mol. The van der Waals surface area contributed by atoms with Crippen molar-refractivity contribution in [1.82, 2.24) is 0 Å². The van der Waals surface area contributed by atoms with E-state index in [0.29, 0.717) is 0 Å². The number of carbonyl (C=O) groups is 2. The number of rotatable bonds is 6. The number of hydrogen-bond acceptors (Lipinski definition) is 6. The summed E-state index contributed by atoms with van der Waals surface area (Å²) in [6, 6.07) is 8.36. The summed E-state index contributed by atoms with van der Waals surface area (Å²) in [5, 5.41) is 17.6. The highest BCUT2D eigenvalue weighted by Crippen LogP contribution is 2.12. The van der Waals surface area contributed by atoms with Crippen LogP contribution in [0, 0.1) is 0 Å². The Morgan fingerprint density at radius 1 is 0.969 bits per heavy atom. The molecule has 2 rings (SSSR count). The summed E-state index contributed by atoms with van der Waals surface area (Å²) in [5.74, 6) is -5.05. The molecule has 1 saturated heterocycles. The molecule has 0 saturated carbocycles. The molecule has 0 aliphatic carbocycles. The van der Waals surface area contributed by atoms with Gasteiger partial charge in [0.2, 0.25) is 0 Å². The first-order chi connectivity index (χ1) is 14.8. The van der Waals surface area contributed by atoms with Gasteiger partial charge >= 0.3 is 12.4 Å². The molecule has 1 heterocycles. The minimum Gasteiger partial charge on any atom is -0.542 e. The summed E-state index contributed by atoms with van der Waals surface area (Å²) in [6.07, 6.45) is -9.35. The number of halogens is 6. The van der Waals surface area contributed by atoms with E-state index in [2.05, 4.69) is 30.0 Å². The van der Waals surface area contributed by atoms with E-state index in [4.69, 9.17) is 29.3 Å². The number of aliphatic carboxylic acids is 2. The molecule has 0 atom stereocenters. The predicted octanol–water partition coefficient (Wildman–Crippen LogP) is -2.64. The van der Waals surface area contributed by atoms with Crippen LogP contribution in [0.15, 0.2) is 24.3 Å². The van der Waals surface area contributed by atoms with E-state index in [0.717, 1.165) is 58.2 Å². The Bertz CT molecular complexity index is 652. The fourth-order valence-electron chi connectivity index (χ4n) is 2.18. The van der Waals surface area contributed by atoms with Crippen molar-refractivity contribution in [2.75, 3.05) is 46.0 Å². The van der Waals surface area contributed by atoms with E-state index in [1.165, 1.54) is 5.56 Å². The lowest BCUT2D eigenvalue weighted by Gasteiger charge is -2.23. The van der Waals surface area contributed by atoms with Crippen LogP contribution in [0.2, 0.25) is 0 Å². The third-order valence-electron chi connectivity index (χ3n) is 3.78. The van der Waals surface area contributed by atoms with Crippen molar-refractivity contribution in [3.05, 3.63) is 29.8 Å². The molecular weight excluding hydrogens is 454 g/mol. The van der Waals surface area contributed by atoms with Crippen LogP contribution in [-0.2, 0) is 20.7 Å². The van der Waals surface area contributed by atoms with Crippen LogP contribution in [-0.4, -0.2) is 70.3 Å². The molecule has 0 amide bonds. The summed E-state index contributed by atoms with van der Waals surface area (Å²) >= 11 is 0. The summed E-state index contributed by atoms with van der Waals surface area (Å²) in [7, 11) is 0. The molecule has 0 unspecified atom stereocenters. The maximum atomic E-state index is 10.5. The topological polar surface area (TPSA) is 131 Å². The van der Waals surface area contributed by atoms with E-state index in [9.17, 15) is 26.3 Å². The molecule has 184 valence electrons. The summed E-state index contributed by atoms with van der Waals surface area (Å²) in [5.41, 5.74) is 5.19. The Morgan fingerprint density at radius 2 is 1.41 bits per heavy atom. The average molecular weight is 478 g/mol. The highest BCUT2D eigenvalue weighted by molar-refractivity contribution is 5.71. The minimum atomic E-state index is -5.19. The SMILES string of the molecule is O=C([O-])C(F)(F)F.O=C([O-])C(F)(F)F.[NH3+]CCc1ccc(OCC[NH+]2CCOCC2)cc1. The van der Waals surface area contributed by atoms with Crippen molar-refractivity contribution in [3.8, 4) is 5.75 Å². The largest absolute Gasteiger partial charge is 0.542 e. The number of carbonyl (C=O) groups excluding carboxylic acids is 2. The summed E-state index contributed by atoms with van der Waals surface area (Å²) in [4.78, 5) is 19.1. The van der Waals surface area contributed by atoms with Crippen molar-refractivity contribution in [1.29, 1.82) is 0 Å². The molecule has 0 radical (unpaired) electrons. The van der Waals surface area contributed by atoms with Gasteiger partial charge in [-0.25, -0.2) is 0 Å². The molecule has 14 heteroatoms. The van der Waals surface area contributed by atoms with Gasteiger partial charge in [0, 0.05) is 6.42 Å². The molecule has 1 aliphatic heterocycles. The second-order valence-corrected chi connectivity index (χ2v) is 6.28. The maximum absolute atomic E-state index is 10.5. The molecule has 8 nitrogen and oxygen atoms in total. The zero-order chi connectivity index (χ0) is 24.8. The lowest BCUT2D eigenvalue weighted by Crippen LogP contribution is -3.14. The van der Waals surface area contributed by atoms with Crippen LogP contribution < -0.4 is 25.6 Å². The van der Waals surface area contributed by atoms with Gasteiger partial charge in [-0.1, -0.05) is 12.1 Å². The first-order valence-electron chi connectivity index (χ1n) is 9.26. The van der Waals surface area contributed by atoms with Gasteiger partial charge in [0.1, 0.15) is 43.9 Å². The minimum absolute atomic E-state index is 0.782. The summed E-state index contributed by atoms with van der Waals surface area (Å²) in [6.45, 7) is 6.76. The quantitative estimate of drug-likeness (QED) is 0.430. The third-order valence-corrected chi connectivity index (χ3v) is 3.78. The normalized spacial score (nSPS) is 14.3. The number of alkyl halides is 6. The van der Waals surface area contributed by atoms with Gasteiger partial charge in [0.25, 0.3) is 0 Å². The molecule has 1 fully saturated rings. The van der Waals surface area contributed by atoms with Crippen LogP contribution >= 0.6 is 0 Å². The molecule has 0 spiro atoms. The molecule has 0 bridgehead atoms. The second kappa shape index (κ2) is 14.5. The molecule has 1 aliphatic rings. The van der Waals surface area contributed by atoms with Gasteiger partial charge in [-0.15, -0.1) is 0 Å². The number of carboxylic acids is 2. The first kappa shape index (κ1) is 29.4. The zero-order valence-corrected chi connectivity index (χ0v) is 16.9. The molecule has 32 heavy (non-hydrogen) atoms. The van der Waals surface area contributed by atoms with Gasteiger partial charge in [-0.2, -0.15) is 26.3 Å². The van der Waals surface area contributed by atoms with Crippen molar-refractivity contribution < 1.29 is 66.3 Å². The van der Waals surface area contributed by atoms with Crippen LogP contribution in [0.4, 0.5) is 26.3 Å². The molecule has 4 N–H and O–H groups in total. The van der Waals surface area contributed by atoms with E-state index >= 15 is 0 Å². The Balaban J connectivity index is 0.000000570. The number of nitrogens with one attached hydrogen (secondary N) is 1. The average Bonchev–Trinajstić information content (AvgIpc) is 2.70. The lowest BCUT2D eigenvalue weighted by molar-refractivity contribution is -0.908. The first-order valence-corrected chi connectivity index (χ1v) is 9.26. The fourth-order valence-corrected chi connectivity index (χ4v) is 2.18. The Kier molecular flexibility index (Phi) is 13.3. The van der Waals surface area contributed by atoms with E-state index < -0.39 is 24.3 Å². The number of ether oxygens (including phenoxy) is 2. The van der Waals surface area contributed by atoms with Crippen molar-refractivity contribution >= 4 is 11.9 Å². The fraction of sp³-hybridized carbons (Fsp3) is 0.556. The summed E-state index contributed by atoms with van der Waals surface area (Å²) < 4.78 is 74.2. The third kappa shape index (κ3) is 14.4. The number of hydrogen-bond donors (Lipinski definition) is 2. The molecule has 0 aromatic heterocycles. The predicted molar refractivity (Wildman–Crippen MR) is 91.9 cm³/mol. The van der Waals surface area contributed by atoms with Crippen molar-refractivity contribution in [2.45, 2.75) is 18.8 Å². The zero-order valence-electron chi connectivity index (χ0n) is 16.9. The maximum Gasteiger partial charge on any atom is 0.430 e. The van der Waals surface area contributed by atoms with E-state index in [-0.39, 0.29) is 0 Å². The van der Waals surface area contributed by atoms with Crippen LogP contribution in [0.3, 0.4) is 0 Å². The van der Waals surface area contributed by atoms with Gasteiger partial charge in [-0.05, 0) is 17.7 Å². The molecule has 1 aromatic rings. The highest BCUT2D eigenvalue weighted by atomic mass is 19.4. The Labute approximate surface area is 179 Å². The van der Waals surface area contributed by atoms with Crippen LogP contribution in [0.1, 0.15) is 5.56 Å². The standard InChI is InChI=1S/C14H22N2O2.2C2HF3O2/c15-6-5-13-1-3-14(4-2-13)18-12-9-16-7-10-17-11-8-16;2*3-2(4,5)1(6)7/h1-4H,5-12,15H2;2*(H,6,7). The van der Waals surface area contributed by atoms with Gasteiger partial charge in [0.05, 0.1) is 19.8 Å². The molecule has 1 aromatic carbocycles. The Morgan fingerprint density at radius 3 is 1.78 bits per heavy atom. The van der Waals surface area contributed by atoms with E-state index in [1.807, 2.05) is 0 Å². The van der Waals surface area contributed by atoms with Gasteiger partial charge < -0.3 is 39.9 Å². The Hall–Kier alpha value is -2.58. The smallest absolute Gasteiger partial charge is 0.430 e.